The molecule has 6 heteroatoms. The van der Waals surface area contributed by atoms with Crippen LogP contribution in [0.4, 0.5) is 0 Å². The molecule has 0 N–H and O–H groups in total. The molecular formula is C13H17BBr2O3. The first-order chi connectivity index (χ1) is 8.68. The van der Waals surface area contributed by atoms with Crippen molar-refractivity contribution < 1.29 is 14.0 Å². The largest absolute Gasteiger partial charge is 0.494 e. The molecule has 0 atom stereocenters. The third-order valence-corrected chi connectivity index (χ3v) is 4.93. The molecule has 0 bridgehead atoms. The summed E-state index contributed by atoms with van der Waals surface area (Å²) in [4.78, 5) is 0. The summed E-state index contributed by atoms with van der Waals surface area (Å²) in [6.07, 6.45) is 0. The van der Waals surface area contributed by atoms with Crippen molar-refractivity contribution in [3.05, 3.63) is 21.1 Å². The first-order valence-corrected chi connectivity index (χ1v) is 7.65. The summed E-state index contributed by atoms with van der Waals surface area (Å²) in [5, 5.41) is 0. The topological polar surface area (TPSA) is 27.7 Å². The SMILES string of the molecule is COc1c(Br)cc(B2OC(C)(C)C(C)(C)O2)cc1Br. The third kappa shape index (κ3) is 2.73. The van der Waals surface area contributed by atoms with Crippen LogP contribution in [0.15, 0.2) is 21.1 Å². The van der Waals surface area contributed by atoms with Crippen LogP contribution in [-0.4, -0.2) is 25.4 Å². The molecule has 0 aromatic heterocycles. The predicted octanol–water partition coefficient (Wildman–Crippen LogP) is 3.52. The molecule has 0 radical (unpaired) electrons. The Bertz CT molecular complexity index is 464. The lowest BCUT2D eigenvalue weighted by Crippen LogP contribution is -2.41. The number of hydrogen-bond donors (Lipinski definition) is 0. The second-order valence-electron chi connectivity index (χ2n) is 5.61. The molecule has 19 heavy (non-hydrogen) atoms. The van der Waals surface area contributed by atoms with Crippen molar-refractivity contribution in [3.8, 4) is 5.75 Å². The van der Waals surface area contributed by atoms with E-state index < -0.39 is 0 Å². The monoisotopic (exact) mass is 390 g/mol. The molecule has 0 aliphatic carbocycles. The summed E-state index contributed by atoms with van der Waals surface area (Å²) in [6, 6.07) is 3.93. The molecule has 0 spiro atoms. The number of methoxy groups -OCH3 is 1. The van der Waals surface area contributed by atoms with Crippen LogP contribution in [0, 0.1) is 0 Å². The van der Waals surface area contributed by atoms with Crippen LogP contribution in [-0.2, 0) is 9.31 Å². The molecule has 0 saturated carbocycles. The van der Waals surface area contributed by atoms with E-state index in [9.17, 15) is 0 Å². The van der Waals surface area contributed by atoms with Crippen LogP contribution >= 0.6 is 31.9 Å². The highest BCUT2D eigenvalue weighted by Gasteiger charge is 2.51. The molecule has 2 rings (SSSR count). The van der Waals surface area contributed by atoms with Gasteiger partial charge in [-0.15, -0.1) is 0 Å². The zero-order chi connectivity index (χ0) is 14.4. The van der Waals surface area contributed by atoms with E-state index in [4.69, 9.17) is 14.0 Å². The van der Waals surface area contributed by atoms with Gasteiger partial charge in [0.1, 0.15) is 5.75 Å². The highest BCUT2D eigenvalue weighted by Crippen LogP contribution is 2.38. The quantitative estimate of drug-likeness (QED) is 0.722. The van der Waals surface area contributed by atoms with Crippen LogP contribution in [0.5, 0.6) is 5.75 Å². The summed E-state index contributed by atoms with van der Waals surface area (Å²) in [5.74, 6) is 0.764. The highest BCUT2D eigenvalue weighted by atomic mass is 79.9. The maximum absolute atomic E-state index is 6.03. The van der Waals surface area contributed by atoms with Gasteiger partial charge in [0.15, 0.2) is 0 Å². The Morgan fingerprint density at radius 3 is 1.79 bits per heavy atom. The van der Waals surface area contributed by atoms with Gasteiger partial charge in [0.25, 0.3) is 0 Å². The van der Waals surface area contributed by atoms with Gasteiger partial charge in [0, 0.05) is 0 Å². The maximum atomic E-state index is 6.03. The molecule has 1 fully saturated rings. The van der Waals surface area contributed by atoms with Crippen LogP contribution < -0.4 is 10.2 Å². The second kappa shape index (κ2) is 5.06. The molecule has 1 aromatic rings. The Hall–Kier alpha value is -0.0351. The molecular weight excluding hydrogens is 375 g/mol. The molecule has 1 aliphatic rings. The lowest BCUT2D eigenvalue weighted by atomic mass is 9.79. The summed E-state index contributed by atoms with van der Waals surface area (Å²) in [6.45, 7) is 8.17. The molecule has 1 saturated heterocycles. The van der Waals surface area contributed by atoms with E-state index in [2.05, 4.69) is 31.9 Å². The van der Waals surface area contributed by atoms with Gasteiger partial charge in [-0.25, -0.2) is 0 Å². The smallest absolute Gasteiger partial charge is 0.494 e. The normalized spacial score (nSPS) is 20.7. The molecule has 104 valence electrons. The number of benzene rings is 1. The van der Waals surface area contributed by atoms with Crippen molar-refractivity contribution in [2.45, 2.75) is 38.9 Å². The number of ether oxygens (including phenoxy) is 1. The van der Waals surface area contributed by atoms with Crippen molar-refractivity contribution >= 4 is 44.4 Å². The van der Waals surface area contributed by atoms with E-state index in [1.807, 2.05) is 39.8 Å². The van der Waals surface area contributed by atoms with E-state index >= 15 is 0 Å². The Labute approximate surface area is 131 Å². The molecule has 0 amide bonds. The van der Waals surface area contributed by atoms with Crippen LogP contribution in [0.1, 0.15) is 27.7 Å². The van der Waals surface area contributed by atoms with Crippen molar-refractivity contribution in [1.82, 2.24) is 0 Å². The van der Waals surface area contributed by atoms with Gasteiger partial charge in [-0.05, 0) is 77.2 Å². The molecule has 0 unspecified atom stereocenters. The minimum absolute atomic E-state index is 0.337. The summed E-state index contributed by atoms with van der Waals surface area (Å²) >= 11 is 6.99. The van der Waals surface area contributed by atoms with Gasteiger partial charge in [-0.3, -0.25) is 0 Å². The van der Waals surface area contributed by atoms with E-state index in [0.717, 1.165) is 20.2 Å². The number of hydrogen-bond acceptors (Lipinski definition) is 3. The number of rotatable bonds is 2. The fraction of sp³-hybridized carbons (Fsp3) is 0.538. The number of halogens is 2. The summed E-state index contributed by atoms with van der Waals surface area (Å²) in [5.41, 5.74) is 0.283. The first-order valence-electron chi connectivity index (χ1n) is 6.06. The average molecular weight is 392 g/mol. The van der Waals surface area contributed by atoms with E-state index in [0.29, 0.717) is 0 Å². The van der Waals surface area contributed by atoms with Crippen LogP contribution in [0.3, 0.4) is 0 Å². The van der Waals surface area contributed by atoms with Gasteiger partial charge >= 0.3 is 7.12 Å². The van der Waals surface area contributed by atoms with Crippen molar-refractivity contribution in [1.29, 1.82) is 0 Å². The minimum Gasteiger partial charge on any atom is -0.494 e. The second-order valence-corrected chi connectivity index (χ2v) is 7.31. The third-order valence-electron chi connectivity index (χ3n) is 3.75. The van der Waals surface area contributed by atoms with Crippen molar-refractivity contribution in [2.75, 3.05) is 7.11 Å². The minimum atomic E-state index is -0.372. The average Bonchev–Trinajstić information content (AvgIpc) is 2.47. The predicted molar refractivity (Wildman–Crippen MR) is 84.1 cm³/mol. The zero-order valence-electron chi connectivity index (χ0n) is 11.7. The lowest BCUT2D eigenvalue weighted by Gasteiger charge is -2.32. The zero-order valence-corrected chi connectivity index (χ0v) is 14.9. The van der Waals surface area contributed by atoms with Crippen molar-refractivity contribution in [3.63, 3.8) is 0 Å². The fourth-order valence-electron chi connectivity index (χ4n) is 1.89. The van der Waals surface area contributed by atoms with Crippen LogP contribution in [0.2, 0.25) is 0 Å². The first kappa shape index (κ1) is 15.4. The van der Waals surface area contributed by atoms with Crippen molar-refractivity contribution in [2.24, 2.45) is 0 Å². The molecule has 1 heterocycles. The molecule has 3 nitrogen and oxygen atoms in total. The maximum Gasteiger partial charge on any atom is 0.494 e. The van der Waals surface area contributed by atoms with Gasteiger partial charge in [0.05, 0.1) is 27.3 Å². The summed E-state index contributed by atoms with van der Waals surface area (Å²) in [7, 11) is 1.27. The standard InChI is InChI=1S/C13H17BBr2O3/c1-12(2)13(3,4)19-14(18-12)8-6-9(15)11(17-5)10(16)7-8/h6-7H,1-5H3. The Balaban J connectivity index is 2.35. The Morgan fingerprint density at radius 1 is 1.00 bits per heavy atom. The lowest BCUT2D eigenvalue weighted by molar-refractivity contribution is 0.00578. The van der Waals surface area contributed by atoms with Gasteiger partial charge in [-0.2, -0.15) is 0 Å². The van der Waals surface area contributed by atoms with E-state index in [-0.39, 0.29) is 18.3 Å². The van der Waals surface area contributed by atoms with Gasteiger partial charge in [0.2, 0.25) is 0 Å². The van der Waals surface area contributed by atoms with E-state index in [1.54, 1.807) is 7.11 Å². The molecule has 1 aromatic carbocycles. The Kier molecular flexibility index (Phi) is 4.09. The van der Waals surface area contributed by atoms with Gasteiger partial charge < -0.3 is 14.0 Å². The van der Waals surface area contributed by atoms with Gasteiger partial charge in [-0.1, -0.05) is 0 Å². The van der Waals surface area contributed by atoms with Crippen LogP contribution in [0.25, 0.3) is 0 Å². The Morgan fingerprint density at radius 2 is 1.42 bits per heavy atom. The van der Waals surface area contributed by atoms with E-state index in [1.165, 1.54) is 0 Å². The highest BCUT2D eigenvalue weighted by molar-refractivity contribution is 9.11. The summed E-state index contributed by atoms with van der Waals surface area (Å²) < 4.78 is 19.1. The fourth-order valence-corrected chi connectivity index (χ4v) is 3.44. The molecule has 1 aliphatic heterocycles.